The lowest BCUT2D eigenvalue weighted by atomic mass is 9.91. The smallest absolute Gasteiger partial charge is 0.261 e. The summed E-state index contributed by atoms with van der Waals surface area (Å²) in [6, 6.07) is 17.3. The van der Waals surface area contributed by atoms with Crippen molar-refractivity contribution in [3.63, 3.8) is 0 Å². The molecule has 0 spiro atoms. The average molecular weight is 493 g/mol. The topological polar surface area (TPSA) is 91.4 Å². The number of hydrogen-bond donors (Lipinski definition) is 2. The molecule has 2 atom stereocenters. The van der Waals surface area contributed by atoms with E-state index in [4.69, 9.17) is 0 Å². The summed E-state index contributed by atoms with van der Waals surface area (Å²) in [5, 5.41) is 2.98. The average Bonchev–Trinajstić information content (AvgIpc) is 2.83. The highest BCUT2D eigenvalue weighted by Crippen LogP contribution is 2.23. The second-order valence-corrected chi connectivity index (χ2v) is 11.1. The van der Waals surface area contributed by atoms with Crippen molar-refractivity contribution in [2.45, 2.75) is 38.3 Å². The van der Waals surface area contributed by atoms with Gasteiger partial charge in [0.05, 0.1) is 10.6 Å². The van der Waals surface area contributed by atoms with Gasteiger partial charge in [-0.25, -0.2) is 8.42 Å². The van der Waals surface area contributed by atoms with Crippen LogP contribution in [-0.2, 0) is 23.1 Å². The van der Waals surface area contributed by atoms with E-state index in [1.807, 2.05) is 18.2 Å². The molecule has 0 bridgehead atoms. The van der Waals surface area contributed by atoms with E-state index in [1.165, 1.54) is 48.6 Å². The number of carbonyl (C=O) groups is 1. The number of nitrogens with zero attached hydrogens (tertiary/aromatic N) is 2. The maximum absolute atomic E-state index is 12.8. The molecule has 1 amide bonds. The Morgan fingerprint density at radius 1 is 0.943 bits per heavy atom. The van der Waals surface area contributed by atoms with Crippen LogP contribution in [0, 0.1) is 11.8 Å². The van der Waals surface area contributed by atoms with Crippen LogP contribution >= 0.6 is 0 Å². The molecule has 7 nitrogen and oxygen atoms in total. The second kappa shape index (κ2) is 11.0. The molecule has 2 N–H and O–H groups in total. The molecular formula is C27H32N4O3S. The van der Waals surface area contributed by atoms with Gasteiger partial charge in [-0.05, 0) is 65.8 Å². The molecule has 1 aromatic heterocycles. The van der Waals surface area contributed by atoms with Gasteiger partial charge in [-0.2, -0.15) is 0 Å². The minimum absolute atomic E-state index is 0.0844. The normalized spacial score (nSPS) is 18.7. The molecule has 2 heterocycles. The van der Waals surface area contributed by atoms with E-state index < -0.39 is 10.0 Å². The SMILES string of the molecule is CC1CC(C)CN(Cc2ccccc2CNC(=O)c2ccc(S(=O)(=O)Nc3ccncc3)cc2)C1. The second-order valence-electron chi connectivity index (χ2n) is 9.46. The first kappa shape index (κ1) is 24.9. The van der Waals surface area contributed by atoms with Crippen molar-refractivity contribution in [1.82, 2.24) is 15.2 Å². The number of rotatable bonds is 8. The van der Waals surface area contributed by atoms with Gasteiger partial charge in [0.15, 0.2) is 0 Å². The summed E-state index contributed by atoms with van der Waals surface area (Å²) in [6.45, 7) is 8.09. The number of sulfonamides is 1. The first-order valence-corrected chi connectivity index (χ1v) is 13.4. The highest BCUT2D eigenvalue weighted by atomic mass is 32.2. The molecule has 1 aliphatic rings. The van der Waals surface area contributed by atoms with Gasteiger partial charge >= 0.3 is 0 Å². The number of anilines is 1. The molecule has 3 aromatic rings. The number of amides is 1. The molecular weight excluding hydrogens is 460 g/mol. The van der Waals surface area contributed by atoms with Crippen molar-refractivity contribution in [3.8, 4) is 0 Å². The lowest BCUT2D eigenvalue weighted by molar-refractivity contribution is 0.0950. The van der Waals surface area contributed by atoms with Gasteiger partial charge < -0.3 is 5.32 Å². The summed E-state index contributed by atoms with van der Waals surface area (Å²) in [7, 11) is -3.75. The largest absolute Gasteiger partial charge is 0.348 e. The Morgan fingerprint density at radius 3 is 2.23 bits per heavy atom. The maximum atomic E-state index is 12.8. The molecule has 1 fully saturated rings. The van der Waals surface area contributed by atoms with E-state index in [9.17, 15) is 13.2 Å². The fourth-order valence-electron chi connectivity index (χ4n) is 4.74. The van der Waals surface area contributed by atoms with Gasteiger partial charge in [0, 0.05) is 44.1 Å². The minimum Gasteiger partial charge on any atom is -0.348 e. The number of benzene rings is 2. The monoisotopic (exact) mass is 492 g/mol. The van der Waals surface area contributed by atoms with E-state index >= 15 is 0 Å². The zero-order chi connectivity index (χ0) is 24.8. The number of likely N-dealkylation sites (tertiary alicyclic amines) is 1. The summed E-state index contributed by atoms with van der Waals surface area (Å²) in [4.78, 5) is 19.2. The molecule has 1 aliphatic heterocycles. The van der Waals surface area contributed by atoms with E-state index in [1.54, 1.807) is 12.1 Å². The Kier molecular flexibility index (Phi) is 7.83. The van der Waals surface area contributed by atoms with E-state index in [0.29, 0.717) is 29.6 Å². The van der Waals surface area contributed by atoms with Crippen molar-refractivity contribution in [2.75, 3.05) is 17.8 Å². The number of nitrogens with one attached hydrogen (secondary N) is 2. The molecule has 8 heteroatoms. The van der Waals surface area contributed by atoms with Crippen LogP contribution in [0.5, 0.6) is 0 Å². The van der Waals surface area contributed by atoms with Gasteiger partial charge in [0.1, 0.15) is 0 Å². The molecule has 2 aromatic carbocycles. The number of hydrogen-bond acceptors (Lipinski definition) is 5. The van der Waals surface area contributed by atoms with Gasteiger partial charge in [0.25, 0.3) is 15.9 Å². The van der Waals surface area contributed by atoms with Gasteiger partial charge in [-0.1, -0.05) is 38.1 Å². The number of carbonyl (C=O) groups excluding carboxylic acids is 1. The molecule has 1 saturated heterocycles. The third-order valence-electron chi connectivity index (χ3n) is 6.26. The zero-order valence-corrected chi connectivity index (χ0v) is 21.0. The lowest BCUT2D eigenvalue weighted by Gasteiger charge is -2.35. The predicted octanol–water partition coefficient (Wildman–Crippen LogP) is 4.29. The number of piperidine rings is 1. The van der Waals surface area contributed by atoms with E-state index in [-0.39, 0.29) is 10.8 Å². The van der Waals surface area contributed by atoms with Crippen molar-refractivity contribution >= 4 is 21.6 Å². The molecule has 2 unspecified atom stereocenters. The van der Waals surface area contributed by atoms with Crippen LogP contribution in [0.25, 0.3) is 0 Å². The summed E-state index contributed by atoms with van der Waals surface area (Å²) >= 11 is 0. The molecule has 4 rings (SSSR count). The van der Waals surface area contributed by atoms with Crippen LogP contribution in [0.15, 0.2) is 78.0 Å². The summed E-state index contributed by atoms with van der Waals surface area (Å²) in [5.74, 6) is 1.14. The van der Waals surface area contributed by atoms with Crippen molar-refractivity contribution in [1.29, 1.82) is 0 Å². The standard InChI is InChI=1S/C27H32N4O3S/c1-20-15-21(2)18-31(17-20)19-24-6-4-3-5-23(24)16-29-27(32)22-7-9-26(10-8-22)35(33,34)30-25-11-13-28-14-12-25/h3-14,20-21H,15-19H2,1-2H3,(H,28,30)(H,29,32). The molecule has 0 radical (unpaired) electrons. The zero-order valence-electron chi connectivity index (χ0n) is 20.1. The third kappa shape index (κ3) is 6.68. The van der Waals surface area contributed by atoms with E-state index in [2.05, 4.69) is 39.8 Å². The van der Waals surface area contributed by atoms with Crippen LogP contribution in [0.2, 0.25) is 0 Å². The Hall–Kier alpha value is -3.23. The highest BCUT2D eigenvalue weighted by molar-refractivity contribution is 7.92. The summed E-state index contributed by atoms with van der Waals surface area (Å²) < 4.78 is 27.7. The van der Waals surface area contributed by atoms with Gasteiger partial charge in [0.2, 0.25) is 0 Å². The van der Waals surface area contributed by atoms with Gasteiger partial charge in [-0.3, -0.25) is 19.4 Å². The van der Waals surface area contributed by atoms with Crippen LogP contribution in [0.4, 0.5) is 5.69 Å². The molecule has 0 saturated carbocycles. The Labute approximate surface area is 207 Å². The van der Waals surface area contributed by atoms with Crippen LogP contribution in [-0.4, -0.2) is 37.3 Å². The first-order chi connectivity index (χ1) is 16.8. The van der Waals surface area contributed by atoms with E-state index in [0.717, 1.165) is 25.2 Å². The third-order valence-corrected chi connectivity index (χ3v) is 7.65. The van der Waals surface area contributed by atoms with Crippen LogP contribution in [0.1, 0.15) is 41.8 Å². The Morgan fingerprint density at radius 2 is 1.57 bits per heavy atom. The van der Waals surface area contributed by atoms with Crippen LogP contribution in [0.3, 0.4) is 0 Å². The minimum atomic E-state index is -3.75. The van der Waals surface area contributed by atoms with Crippen molar-refractivity contribution in [2.24, 2.45) is 11.8 Å². The maximum Gasteiger partial charge on any atom is 0.261 e. The highest BCUT2D eigenvalue weighted by Gasteiger charge is 2.22. The lowest BCUT2D eigenvalue weighted by Crippen LogP contribution is -2.38. The van der Waals surface area contributed by atoms with Crippen molar-refractivity contribution in [3.05, 3.63) is 89.7 Å². The molecule has 35 heavy (non-hydrogen) atoms. The molecule has 184 valence electrons. The number of aromatic nitrogens is 1. The predicted molar refractivity (Wildman–Crippen MR) is 137 cm³/mol. The Balaban J connectivity index is 1.38. The van der Waals surface area contributed by atoms with Gasteiger partial charge in [-0.15, -0.1) is 0 Å². The number of pyridine rings is 1. The fraction of sp³-hybridized carbons (Fsp3) is 0.333. The summed E-state index contributed by atoms with van der Waals surface area (Å²) in [6.07, 6.45) is 4.29. The summed E-state index contributed by atoms with van der Waals surface area (Å²) in [5.41, 5.74) is 3.14. The molecule has 0 aliphatic carbocycles. The Bertz CT molecular complexity index is 1240. The fourth-order valence-corrected chi connectivity index (χ4v) is 5.80. The quantitative estimate of drug-likeness (QED) is 0.490. The first-order valence-electron chi connectivity index (χ1n) is 11.9. The van der Waals surface area contributed by atoms with Crippen molar-refractivity contribution < 1.29 is 13.2 Å². The van der Waals surface area contributed by atoms with Crippen LogP contribution < -0.4 is 10.0 Å².